The van der Waals surface area contributed by atoms with Crippen LogP contribution in [0.2, 0.25) is 0 Å². The van der Waals surface area contributed by atoms with Crippen LogP contribution in [-0.4, -0.2) is 33.8 Å². The zero-order chi connectivity index (χ0) is 21.4. The first-order valence-electron chi connectivity index (χ1n) is 9.54. The Morgan fingerprint density at radius 3 is 1.93 bits per heavy atom. The number of ether oxygens (including phenoxy) is 1. The van der Waals surface area contributed by atoms with Gasteiger partial charge in [0, 0.05) is 0 Å². The molecule has 2 aromatic rings. The highest BCUT2D eigenvalue weighted by Crippen LogP contribution is 2.40. The Hall–Kier alpha value is -1.87. The van der Waals surface area contributed by atoms with Gasteiger partial charge in [-0.2, -0.15) is 0 Å². The smallest absolute Gasteiger partial charge is 0.481 e. The van der Waals surface area contributed by atoms with Crippen LogP contribution in [0, 0.1) is 6.92 Å². The molecule has 156 valence electrons. The molecule has 1 unspecified atom stereocenters. The number of hydrogen-bond donors (Lipinski definition) is 1. The second-order valence-corrected chi connectivity index (χ2v) is 10.0. The Bertz CT molecular complexity index is 940. The van der Waals surface area contributed by atoms with Crippen LogP contribution in [0.3, 0.4) is 0 Å². The first kappa shape index (κ1) is 21.8. The number of sulfonamides is 1. The van der Waals surface area contributed by atoms with Crippen molar-refractivity contribution in [2.24, 2.45) is 0 Å². The average Bonchev–Trinajstić information content (AvgIpc) is 2.87. The molecular weight excluding hydrogens is 389 g/mol. The fourth-order valence-corrected chi connectivity index (χ4v) is 4.28. The molecule has 1 heterocycles. The highest BCUT2D eigenvalue weighted by atomic mass is 32.2. The predicted octanol–water partition coefficient (Wildman–Crippen LogP) is 3.65. The van der Waals surface area contributed by atoms with E-state index in [0.29, 0.717) is 5.75 Å². The van der Waals surface area contributed by atoms with Gasteiger partial charge in [-0.05, 0) is 64.4 Å². The molecule has 1 atom stereocenters. The SMILES string of the molecule is COc1ccc(C(NS(=O)(=O)c2ccc(C)cc2)B2OC(C)(C)C(C)(C)O2)cc1. The molecule has 1 fully saturated rings. The second-order valence-electron chi connectivity index (χ2n) is 8.31. The van der Waals surface area contributed by atoms with Gasteiger partial charge >= 0.3 is 7.12 Å². The van der Waals surface area contributed by atoms with E-state index in [2.05, 4.69) is 4.72 Å². The molecule has 0 aliphatic carbocycles. The van der Waals surface area contributed by atoms with E-state index in [-0.39, 0.29) is 4.90 Å². The number of methoxy groups -OCH3 is 1. The minimum Gasteiger partial charge on any atom is -0.497 e. The molecule has 6 nitrogen and oxygen atoms in total. The van der Waals surface area contributed by atoms with E-state index < -0.39 is 34.3 Å². The quantitative estimate of drug-likeness (QED) is 0.727. The lowest BCUT2D eigenvalue weighted by molar-refractivity contribution is 0.00578. The number of nitrogens with one attached hydrogen (secondary N) is 1. The van der Waals surface area contributed by atoms with Gasteiger partial charge in [-0.15, -0.1) is 0 Å². The number of rotatable bonds is 6. The Kier molecular flexibility index (Phi) is 5.84. The van der Waals surface area contributed by atoms with E-state index in [1.165, 1.54) is 0 Å². The molecule has 0 amide bonds. The van der Waals surface area contributed by atoms with Crippen molar-refractivity contribution in [1.29, 1.82) is 0 Å². The van der Waals surface area contributed by atoms with Gasteiger partial charge in [-0.3, -0.25) is 0 Å². The molecular formula is C21H28BNO5S. The van der Waals surface area contributed by atoms with Gasteiger partial charge in [-0.25, -0.2) is 13.1 Å². The summed E-state index contributed by atoms with van der Waals surface area (Å²) in [5.41, 5.74) is 0.539. The van der Waals surface area contributed by atoms with Crippen molar-refractivity contribution in [3.8, 4) is 5.75 Å². The van der Waals surface area contributed by atoms with E-state index in [1.807, 2.05) is 46.8 Å². The standard InChI is InChI=1S/C21H28BNO5S/c1-15-7-13-18(14-8-15)29(24,25)23-19(16-9-11-17(26-6)12-10-16)22-27-20(2,3)21(4,5)28-22/h7-14,19,23H,1-6H3. The highest BCUT2D eigenvalue weighted by Gasteiger charge is 2.54. The second kappa shape index (κ2) is 7.76. The Morgan fingerprint density at radius 2 is 1.45 bits per heavy atom. The molecule has 3 rings (SSSR count). The van der Waals surface area contributed by atoms with Crippen LogP contribution >= 0.6 is 0 Å². The molecule has 0 spiro atoms. The van der Waals surface area contributed by atoms with Crippen molar-refractivity contribution in [1.82, 2.24) is 4.72 Å². The van der Waals surface area contributed by atoms with Crippen molar-refractivity contribution in [2.75, 3.05) is 7.11 Å². The van der Waals surface area contributed by atoms with Gasteiger partial charge in [0.05, 0.1) is 29.1 Å². The largest absolute Gasteiger partial charge is 0.497 e. The first-order chi connectivity index (χ1) is 13.4. The summed E-state index contributed by atoms with van der Waals surface area (Å²) in [7, 11) is -2.99. The fraction of sp³-hybridized carbons (Fsp3) is 0.429. The number of aryl methyl sites for hydroxylation is 1. The van der Waals surface area contributed by atoms with E-state index in [1.54, 1.807) is 43.5 Å². The summed E-state index contributed by atoms with van der Waals surface area (Å²) < 4.78 is 46.5. The summed E-state index contributed by atoms with van der Waals surface area (Å²) in [6, 6.07) is 13.9. The number of hydrogen-bond acceptors (Lipinski definition) is 5. The lowest BCUT2D eigenvalue weighted by atomic mass is 9.75. The van der Waals surface area contributed by atoms with Crippen molar-refractivity contribution in [3.63, 3.8) is 0 Å². The molecule has 1 aliphatic rings. The third-order valence-electron chi connectivity index (χ3n) is 5.63. The van der Waals surface area contributed by atoms with E-state index >= 15 is 0 Å². The van der Waals surface area contributed by atoms with Crippen LogP contribution in [0.4, 0.5) is 0 Å². The predicted molar refractivity (Wildman–Crippen MR) is 113 cm³/mol. The monoisotopic (exact) mass is 417 g/mol. The third-order valence-corrected chi connectivity index (χ3v) is 7.09. The van der Waals surface area contributed by atoms with Gasteiger partial charge in [0.25, 0.3) is 0 Å². The summed E-state index contributed by atoms with van der Waals surface area (Å²) in [6.45, 7) is 9.66. The summed E-state index contributed by atoms with van der Waals surface area (Å²) in [5.74, 6) is -0.0453. The Morgan fingerprint density at radius 1 is 0.931 bits per heavy atom. The van der Waals surface area contributed by atoms with Crippen LogP contribution in [0.15, 0.2) is 53.4 Å². The van der Waals surface area contributed by atoms with Crippen LogP contribution in [-0.2, 0) is 19.3 Å². The molecule has 0 radical (unpaired) electrons. The van der Waals surface area contributed by atoms with E-state index in [0.717, 1.165) is 11.1 Å². The molecule has 1 aliphatic heterocycles. The zero-order valence-electron chi connectivity index (χ0n) is 17.7. The topological polar surface area (TPSA) is 73.9 Å². The van der Waals surface area contributed by atoms with Gasteiger partial charge < -0.3 is 14.0 Å². The molecule has 8 heteroatoms. The van der Waals surface area contributed by atoms with Gasteiger partial charge in [0.1, 0.15) is 5.75 Å². The summed E-state index contributed by atoms with van der Waals surface area (Å²) in [6.07, 6.45) is 0. The molecule has 1 saturated heterocycles. The molecule has 0 saturated carbocycles. The lowest BCUT2D eigenvalue weighted by Gasteiger charge is -2.32. The van der Waals surface area contributed by atoms with Crippen LogP contribution in [0.5, 0.6) is 5.75 Å². The Balaban J connectivity index is 1.98. The van der Waals surface area contributed by atoms with Gasteiger partial charge in [-0.1, -0.05) is 29.8 Å². The average molecular weight is 417 g/mol. The highest BCUT2D eigenvalue weighted by molar-refractivity contribution is 7.89. The summed E-state index contributed by atoms with van der Waals surface area (Å²) in [4.78, 5) is 0.193. The van der Waals surface area contributed by atoms with Crippen LogP contribution in [0.1, 0.15) is 44.8 Å². The third kappa shape index (κ3) is 4.50. The maximum atomic E-state index is 13.1. The van der Waals surface area contributed by atoms with Crippen molar-refractivity contribution in [2.45, 2.75) is 56.7 Å². The van der Waals surface area contributed by atoms with Crippen molar-refractivity contribution in [3.05, 3.63) is 59.7 Å². The van der Waals surface area contributed by atoms with Gasteiger partial charge in [0.15, 0.2) is 0 Å². The minimum absolute atomic E-state index is 0.193. The molecule has 29 heavy (non-hydrogen) atoms. The first-order valence-corrected chi connectivity index (χ1v) is 11.0. The van der Waals surface area contributed by atoms with E-state index in [4.69, 9.17) is 14.0 Å². The van der Waals surface area contributed by atoms with E-state index in [9.17, 15) is 8.42 Å². The molecule has 0 aromatic heterocycles. The number of benzene rings is 2. The van der Waals surface area contributed by atoms with Crippen molar-refractivity contribution < 1.29 is 22.5 Å². The van der Waals surface area contributed by atoms with Crippen LogP contribution < -0.4 is 9.46 Å². The Labute approximate surface area is 173 Å². The molecule has 2 aromatic carbocycles. The lowest BCUT2D eigenvalue weighted by Crippen LogP contribution is -2.41. The van der Waals surface area contributed by atoms with Gasteiger partial charge in [0.2, 0.25) is 10.0 Å². The zero-order valence-corrected chi connectivity index (χ0v) is 18.5. The van der Waals surface area contributed by atoms with Crippen LogP contribution in [0.25, 0.3) is 0 Å². The normalized spacial score (nSPS) is 19.2. The summed E-state index contributed by atoms with van der Waals surface area (Å²) in [5, 5.41) is 0. The molecule has 0 bridgehead atoms. The molecule has 1 N–H and O–H groups in total. The maximum Gasteiger partial charge on any atom is 0.481 e. The minimum atomic E-state index is -3.79. The van der Waals surface area contributed by atoms with Crippen molar-refractivity contribution >= 4 is 17.1 Å². The summed E-state index contributed by atoms with van der Waals surface area (Å²) >= 11 is 0. The fourth-order valence-electron chi connectivity index (χ4n) is 3.07. The maximum absolute atomic E-state index is 13.1.